The Hall–Kier alpha value is -2.03. The standard InChI is InChI=1S/C19H24N2O4S2/c1-13(15-6-5-7-18(12-15)27(20,23)24)21(3)19(22)14(2)26-17-10-8-16(25-4)9-11-17/h5-14H,1-4H3,(H2,20,23,24). The van der Waals surface area contributed by atoms with E-state index >= 15 is 0 Å². The number of hydrogen-bond donors (Lipinski definition) is 1. The van der Waals surface area contributed by atoms with Gasteiger partial charge in [-0.2, -0.15) is 0 Å². The fourth-order valence-corrected chi connectivity index (χ4v) is 4.10. The van der Waals surface area contributed by atoms with Crippen LogP contribution in [0.5, 0.6) is 5.75 Å². The molecule has 0 saturated heterocycles. The molecule has 0 aromatic heterocycles. The Morgan fingerprint density at radius 3 is 2.33 bits per heavy atom. The van der Waals surface area contributed by atoms with Crippen LogP contribution in [0.2, 0.25) is 0 Å². The maximum absolute atomic E-state index is 12.8. The summed E-state index contributed by atoms with van der Waals surface area (Å²) in [5, 5.41) is 4.90. The third-order valence-corrected chi connectivity index (χ3v) is 6.33. The number of rotatable bonds is 7. The molecular formula is C19H24N2O4S2. The molecule has 2 aromatic rings. The molecule has 1 amide bonds. The van der Waals surface area contributed by atoms with Crippen LogP contribution in [-0.4, -0.2) is 38.6 Å². The lowest BCUT2D eigenvalue weighted by molar-refractivity contribution is -0.130. The van der Waals surface area contributed by atoms with Crippen molar-refractivity contribution in [2.24, 2.45) is 5.14 Å². The Balaban J connectivity index is 2.10. The molecule has 0 aliphatic carbocycles. The predicted octanol–water partition coefficient (Wildman–Crippen LogP) is 3.04. The van der Waals surface area contributed by atoms with Crippen LogP contribution in [0.15, 0.2) is 58.3 Å². The summed E-state index contributed by atoms with van der Waals surface area (Å²) in [5.41, 5.74) is 0.707. The highest BCUT2D eigenvalue weighted by Crippen LogP contribution is 2.29. The van der Waals surface area contributed by atoms with Gasteiger partial charge in [0.15, 0.2) is 0 Å². The van der Waals surface area contributed by atoms with Crippen molar-refractivity contribution >= 4 is 27.7 Å². The second-order valence-electron chi connectivity index (χ2n) is 6.18. The van der Waals surface area contributed by atoms with E-state index in [9.17, 15) is 13.2 Å². The van der Waals surface area contributed by atoms with Gasteiger partial charge in [0.2, 0.25) is 15.9 Å². The SMILES string of the molecule is COc1ccc(SC(C)C(=O)N(C)C(C)c2cccc(S(N)(=O)=O)c2)cc1. The van der Waals surface area contributed by atoms with Crippen molar-refractivity contribution in [2.45, 2.75) is 34.9 Å². The van der Waals surface area contributed by atoms with Crippen molar-refractivity contribution in [1.29, 1.82) is 0 Å². The molecule has 0 aliphatic rings. The number of methoxy groups -OCH3 is 1. The number of carbonyl (C=O) groups is 1. The van der Waals surface area contributed by atoms with Gasteiger partial charge >= 0.3 is 0 Å². The predicted molar refractivity (Wildman–Crippen MR) is 107 cm³/mol. The minimum Gasteiger partial charge on any atom is -0.497 e. The lowest BCUT2D eigenvalue weighted by atomic mass is 10.1. The number of carbonyl (C=O) groups excluding carboxylic acids is 1. The zero-order valence-electron chi connectivity index (χ0n) is 15.7. The fraction of sp³-hybridized carbons (Fsp3) is 0.316. The van der Waals surface area contributed by atoms with Crippen LogP contribution < -0.4 is 9.88 Å². The fourth-order valence-electron chi connectivity index (χ4n) is 2.56. The van der Waals surface area contributed by atoms with E-state index in [4.69, 9.17) is 9.88 Å². The van der Waals surface area contributed by atoms with Crippen molar-refractivity contribution in [3.63, 3.8) is 0 Å². The van der Waals surface area contributed by atoms with E-state index in [0.717, 1.165) is 10.6 Å². The second-order valence-corrected chi connectivity index (χ2v) is 9.15. The zero-order chi connectivity index (χ0) is 20.2. The molecule has 8 heteroatoms. The number of ether oxygens (including phenoxy) is 1. The summed E-state index contributed by atoms with van der Waals surface area (Å²) in [5.74, 6) is 0.711. The Morgan fingerprint density at radius 2 is 1.78 bits per heavy atom. The molecule has 0 heterocycles. The van der Waals surface area contributed by atoms with Gasteiger partial charge in [-0.1, -0.05) is 12.1 Å². The molecule has 2 unspecified atom stereocenters. The number of primary sulfonamides is 1. The van der Waals surface area contributed by atoms with Crippen LogP contribution in [-0.2, 0) is 14.8 Å². The molecule has 2 atom stereocenters. The molecule has 2 aromatic carbocycles. The molecule has 6 nitrogen and oxygen atoms in total. The number of nitrogens with zero attached hydrogens (tertiary/aromatic N) is 1. The Morgan fingerprint density at radius 1 is 1.15 bits per heavy atom. The first-order valence-electron chi connectivity index (χ1n) is 8.33. The lowest BCUT2D eigenvalue weighted by Gasteiger charge is -2.28. The number of thioether (sulfide) groups is 1. The largest absolute Gasteiger partial charge is 0.497 e. The average Bonchev–Trinajstić information content (AvgIpc) is 2.66. The van der Waals surface area contributed by atoms with E-state index in [1.165, 1.54) is 23.9 Å². The van der Waals surface area contributed by atoms with Crippen LogP contribution in [0, 0.1) is 0 Å². The van der Waals surface area contributed by atoms with Crippen molar-refractivity contribution in [1.82, 2.24) is 4.90 Å². The van der Waals surface area contributed by atoms with Gasteiger partial charge < -0.3 is 9.64 Å². The summed E-state index contributed by atoms with van der Waals surface area (Å²) in [4.78, 5) is 15.4. The highest BCUT2D eigenvalue weighted by Gasteiger charge is 2.24. The van der Waals surface area contributed by atoms with Crippen molar-refractivity contribution < 1.29 is 17.9 Å². The Bertz CT molecular complexity index is 898. The minimum absolute atomic E-state index is 0.0355. The van der Waals surface area contributed by atoms with Gasteiger partial charge in [-0.15, -0.1) is 11.8 Å². The third kappa shape index (κ3) is 5.47. The monoisotopic (exact) mass is 408 g/mol. The van der Waals surface area contributed by atoms with Crippen LogP contribution >= 0.6 is 11.8 Å². The summed E-state index contributed by atoms with van der Waals surface area (Å²) in [7, 11) is -0.469. The van der Waals surface area contributed by atoms with E-state index in [-0.39, 0.29) is 22.1 Å². The summed E-state index contributed by atoms with van der Waals surface area (Å²) in [6, 6.07) is 13.6. The summed E-state index contributed by atoms with van der Waals surface area (Å²) < 4.78 is 28.2. The van der Waals surface area contributed by atoms with Gasteiger partial charge in [-0.05, 0) is 55.8 Å². The lowest BCUT2D eigenvalue weighted by Crippen LogP contribution is -2.35. The van der Waals surface area contributed by atoms with Gasteiger partial charge in [0, 0.05) is 11.9 Å². The van der Waals surface area contributed by atoms with Crippen LogP contribution in [0.3, 0.4) is 0 Å². The molecule has 0 aliphatic heterocycles. The van der Waals surface area contributed by atoms with Gasteiger partial charge in [0.05, 0.1) is 23.3 Å². The Labute approximate surface area is 164 Å². The number of sulfonamides is 1. The third-order valence-electron chi connectivity index (χ3n) is 4.32. The van der Waals surface area contributed by atoms with Gasteiger partial charge in [-0.3, -0.25) is 4.79 Å². The molecule has 0 saturated carbocycles. The van der Waals surface area contributed by atoms with Gasteiger partial charge in [-0.25, -0.2) is 13.6 Å². The number of hydrogen-bond acceptors (Lipinski definition) is 5. The van der Waals surface area contributed by atoms with Gasteiger partial charge in [0.25, 0.3) is 0 Å². The first kappa shape index (κ1) is 21.3. The van der Waals surface area contributed by atoms with Crippen molar-refractivity contribution in [2.75, 3.05) is 14.2 Å². The smallest absolute Gasteiger partial charge is 0.238 e. The minimum atomic E-state index is -3.79. The molecule has 146 valence electrons. The maximum atomic E-state index is 12.8. The highest BCUT2D eigenvalue weighted by atomic mass is 32.2. The van der Waals surface area contributed by atoms with Crippen LogP contribution in [0.4, 0.5) is 0 Å². The molecule has 2 rings (SSSR count). The summed E-state index contributed by atoms with van der Waals surface area (Å²) >= 11 is 1.46. The topological polar surface area (TPSA) is 89.7 Å². The zero-order valence-corrected chi connectivity index (χ0v) is 17.4. The maximum Gasteiger partial charge on any atom is 0.238 e. The first-order valence-corrected chi connectivity index (χ1v) is 10.8. The second kappa shape index (κ2) is 8.77. The number of amides is 1. The van der Waals surface area contributed by atoms with Gasteiger partial charge in [0.1, 0.15) is 5.75 Å². The van der Waals surface area contributed by atoms with Crippen molar-refractivity contribution in [3.05, 3.63) is 54.1 Å². The molecule has 0 fully saturated rings. The first-order chi connectivity index (χ1) is 12.6. The number of benzene rings is 2. The van der Waals surface area contributed by atoms with Crippen LogP contribution in [0.25, 0.3) is 0 Å². The van der Waals surface area contributed by atoms with E-state index in [0.29, 0.717) is 5.56 Å². The molecule has 0 bridgehead atoms. The van der Waals surface area contributed by atoms with E-state index in [1.807, 2.05) is 38.1 Å². The van der Waals surface area contributed by atoms with E-state index < -0.39 is 10.0 Å². The highest BCUT2D eigenvalue weighted by molar-refractivity contribution is 8.00. The molecule has 2 N–H and O–H groups in total. The number of nitrogens with two attached hydrogens (primary N) is 1. The van der Waals surface area contributed by atoms with E-state index in [2.05, 4.69) is 0 Å². The quantitative estimate of drug-likeness (QED) is 0.711. The average molecular weight is 409 g/mol. The normalized spacial score (nSPS) is 13.7. The Kier molecular flexibility index (Phi) is 6.91. The molecule has 0 radical (unpaired) electrons. The molecule has 0 spiro atoms. The van der Waals surface area contributed by atoms with Crippen LogP contribution in [0.1, 0.15) is 25.5 Å². The van der Waals surface area contributed by atoms with Crippen molar-refractivity contribution in [3.8, 4) is 5.75 Å². The molecular weight excluding hydrogens is 384 g/mol. The van der Waals surface area contributed by atoms with E-state index in [1.54, 1.807) is 31.2 Å². The summed E-state index contributed by atoms with van der Waals surface area (Å²) in [6.07, 6.45) is 0. The molecule has 27 heavy (non-hydrogen) atoms. The summed E-state index contributed by atoms with van der Waals surface area (Å²) in [6.45, 7) is 3.70.